The van der Waals surface area contributed by atoms with Gasteiger partial charge in [-0.15, -0.1) is 0 Å². The first-order valence-electron chi connectivity index (χ1n) is 7.79. The first-order chi connectivity index (χ1) is 10.6. The zero-order valence-corrected chi connectivity index (χ0v) is 13.0. The zero-order chi connectivity index (χ0) is 15.7. The van der Waals surface area contributed by atoms with E-state index in [9.17, 15) is 9.59 Å². The molecule has 2 aliphatic heterocycles. The van der Waals surface area contributed by atoms with Crippen molar-refractivity contribution < 1.29 is 24.0 Å². The van der Waals surface area contributed by atoms with Gasteiger partial charge in [0, 0.05) is 19.3 Å². The van der Waals surface area contributed by atoms with Crippen molar-refractivity contribution in [2.24, 2.45) is 5.92 Å². The fourth-order valence-electron chi connectivity index (χ4n) is 3.94. The smallest absolute Gasteiger partial charge is 0.338 e. The molecule has 2 saturated heterocycles. The zero-order valence-electron chi connectivity index (χ0n) is 13.0. The fraction of sp³-hybridized carbons (Fsp3) is 0.529. The Morgan fingerprint density at radius 1 is 1.18 bits per heavy atom. The van der Waals surface area contributed by atoms with E-state index >= 15 is 0 Å². The van der Waals surface area contributed by atoms with Crippen LogP contribution in [0.3, 0.4) is 0 Å². The average molecular weight is 304 g/mol. The molecule has 0 saturated carbocycles. The van der Waals surface area contributed by atoms with Crippen LogP contribution >= 0.6 is 0 Å². The third-order valence-electron chi connectivity index (χ3n) is 5.15. The van der Waals surface area contributed by atoms with Crippen LogP contribution in [0.2, 0.25) is 0 Å². The molecule has 22 heavy (non-hydrogen) atoms. The molecule has 2 bridgehead atoms. The standard InChI is InChI=1S/C17H21NO4/c1-18-12-8-9-13(18)15(17(20)21-2)14(10-12)22-16(19)11-6-4-3-5-7-11/h3-7,12-15H,8-10H2,1-2H3/p+1/t12-,13+,14-,15-/m0/s1. The molecule has 2 fully saturated rings. The van der Waals surface area contributed by atoms with Gasteiger partial charge in [0.1, 0.15) is 18.1 Å². The Bertz CT molecular complexity index is 559. The molecule has 2 aliphatic rings. The Morgan fingerprint density at radius 3 is 2.59 bits per heavy atom. The van der Waals surface area contributed by atoms with Crippen LogP contribution in [0, 0.1) is 5.92 Å². The summed E-state index contributed by atoms with van der Waals surface area (Å²) in [5, 5.41) is 0. The van der Waals surface area contributed by atoms with Crippen LogP contribution in [0.25, 0.3) is 0 Å². The van der Waals surface area contributed by atoms with Gasteiger partial charge in [-0.1, -0.05) is 18.2 Å². The highest BCUT2D eigenvalue weighted by Gasteiger charge is 2.54. The second kappa shape index (κ2) is 6.08. The normalized spacial score (nSPS) is 33.3. The molecule has 0 spiro atoms. The number of methoxy groups -OCH3 is 1. The monoisotopic (exact) mass is 304 g/mol. The minimum Gasteiger partial charge on any atom is -0.469 e. The van der Waals surface area contributed by atoms with Crippen molar-refractivity contribution in [3.8, 4) is 0 Å². The number of hydrogen-bond acceptors (Lipinski definition) is 4. The van der Waals surface area contributed by atoms with Gasteiger partial charge in [0.25, 0.3) is 0 Å². The second-order valence-corrected chi connectivity index (χ2v) is 6.22. The van der Waals surface area contributed by atoms with Crippen molar-refractivity contribution >= 4 is 11.9 Å². The van der Waals surface area contributed by atoms with E-state index in [0.29, 0.717) is 11.6 Å². The summed E-state index contributed by atoms with van der Waals surface area (Å²) in [7, 11) is 3.52. The number of ether oxygens (including phenoxy) is 2. The lowest BCUT2D eigenvalue weighted by Gasteiger charge is -2.38. The summed E-state index contributed by atoms with van der Waals surface area (Å²) >= 11 is 0. The molecule has 3 rings (SSSR count). The van der Waals surface area contributed by atoms with E-state index in [0.717, 1.165) is 19.3 Å². The second-order valence-electron chi connectivity index (χ2n) is 6.22. The van der Waals surface area contributed by atoms with Gasteiger partial charge in [0.2, 0.25) is 0 Å². The lowest BCUT2D eigenvalue weighted by molar-refractivity contribution is -0.926. The Hall–Kier alpha value is -1.88. The molecule has 0 aromatic heterocycles. The van der Waals surface area contributed by atoms with Crippen molar-refractivity contribution in [3.63, 3.8) is 0 Å². The van der Waals surface area contributed by atoms with Crippen LogP contribution in [0.15, 0.2) is 30.3 Å². The van der Waals surface area contributed by atoms with Gasteiger partial charge in [-0.25, -0.2) is 4.79 Å². The maximum Gasteiger partial charge on any atom is 0.338 e. The van der Waals surface area contributed by atoms with Crippen molar-refractivity contribution in [2.75, 3.05) is 14.2 Å². The number of quaternary nitrogens is 1. The SMILES string of the molecule is COC(=O)[C@@H]1[C@@H](OC(=O)c2ccccc2)C[C@@H]2CC[C@H]1[NH+]2C. The maximum absolute atomic E-state index is 12.3. The summed E-state index contributed by atoms with van der Waals surface area (Å²) < 4.78 is 10.7. The Morgan fingerprint density at radius 2 is 1.91 bits per heavy atom. The predicted molar refractivity (Wildman–Crippen MR) is 79.5 cm³/mol. The van der Waals surface area contributed by atoms with Gasteiger partial charge in [0.05, 0.1) is 25.8 Å². The molecule has 5 heteroatoms. The predicted octanol–water partition coefficient (Wildman–Crippen LogP) is 0.451. The number of fused-ring (bicyclic) bond motifs is 2. The summed E-state index contributed by atoms with van der Waals surface area (Å²) in [6.45, 7) is 0. The number of rotatable bonds is 3. The average Bonchev–Trinajstić information content (AvgIpc) is 2.78. The number of esters is 2. The summed E-state index contributed by atoms with van der Waals surface area (Å²) in [5.41, 5.74) is 0.518. The first kappa shape index (κ1) is 15.0. The third kappa shape index (κ3) is 2.61. The Kier molecular flexibility index (Phi) is 4.16. The molecule has 2 heterocycles. The topological polar surface area (TPSA) is 57.0 Å². The molecule has 5 atom stereocenters. The van der Waals surface area contributed by atoms with E-state index in [1.54, 1.807) is 24.3 Å². The molecular formula is C17H22NO4+. The molecule has 0 radical (unpaired) electrons. The van der Waals surface area contributed by atoms with Crippen LogP contribution < -0.4 is 4.90 Å². The Labute approximate surface area is 130 Å². The van der Waals surface area contributed by atoms with Gasteiger partial charge in [-0.2, -0.15) is 0 Å². The Balaban J connectivity index is 1.79. The highest BCUT2D eigenvalue weighted by Crippen LogP contribution is 2.31. The number of carbonyl (C=O) groups is 2. The first-order valence-corrected chi connectivity index (χ1v) is 7.79. The third-order valence-corrected chi connectivity index (χ3v) is 5.15. The lowest BCUT2D eigenvalue weighted by atomic mass is 9.87. The molecule has 1 unspecified atom stereocenters. The number of benzene rings is 1. The van der Waals surface area contributed by atoms with Crippen LogP contribution in [-0.4, -0.2) is 44.3 Å². The van der Waals surface area contributed by atoms with Crippen molar-refractivity contribution in [1.82, 2.24) is 0 Å². The molecule has 118 valence electrons. The van der Waals surface area contributed by atoms with Gasteiger partial charge < -0.3 is 14.4 Å². The molecule has 1 aromatic rings. The van der Waals surface area contributed by atoms with E-state index in [1.807, 2.05) is 6.07 Å². The molecule has 5 nitrogen and oxygen atoms in total. The van der Waals surface area contributed by atoms with Crippen molar-refractivity contribution in [3.05, 3.63) is 35.9 Å². The van der Waals surface area contributed by atoms with E-state index in [4.69, 9.17) is 9.47 Å². The van der Waals surface area contributed by atoms with E-state index in [-0.39, 0.29) is 30.0 Å². The van der Waals surface area contributed by atoms with Gasteiger partial charge >= 0.3 is 11.9 Å². The summed E-state index contributed by atoms with van der Waals surface area (Å²) in [5.74, 6) is -0.995. The van der Waals surface area contributed by atoms with Crippen LogP contribution in [-0.2, 0) is 14.3 Å². The van der Waals surface area contributed by atoms with E-state index in [2.05, 4.69) is 7.05 Å². The van der Waals surface area contributed by atoms with Crippen LogP contribution in [0.1, 0.15) is 29.6 Å². The quantitative estimate of drug-likeness (QED) is 0.824. The van der Waals surface area contributed by atoms with Crippen LogP contribution in [0.4, 0.5) is 0 Å². The van der Waals surface area contributed by atoms with Crippen LogP contribution in [0.5, 0.6) is 0 Å². The molecule has 1 aromatic carbocycles. The number of hydrogen-bond donors (Lipinski definition) is 1. The van der Waals surface area contributed by atoms with Crippen molar-refractivity contribution in [1.29, 1.82) is 0 Å². The summed E-state index contributed by atoms with van der Waals surface area (Å²) in [4.78, 5) is 25.9. The number of nitrogens with one attached hydrogen (secondary N) is 1. The molecular weight excluding hydrogens is 282 g/mol. The summed E-state index contributed by atoms with van der Waals surface area (Å²) in [6, 6.07) is 9.55. The van der Waals surface area contributed by atoms with Crippen molar-refractivity contribution in [2.45, 2.75) is 37.5 Å². The highest BCUT2D eigenvalue weighted by atomic mass is 16.6. The highest BCUT2D eigenvalue weighted by molar-refractivity contribution is 5.89. The largest absolute Gasteiger partial charge is 0.469 e. The van der Waals surface area contributed by atoms with Gasteiger partial charge in [0.15, 0.2) is 0 Å². The molecule has 0 aliphatic carbocycles. The van der Waals surface area contributed by atoms with Gasteiger partial charge in [-0.3, -0.25) is 4.79 Å². The molecule has 1 N–H and O–H groups in total. The minimum atomic E-state index is -0.388. The van der Waals surface area contributed by atoms with E-state index in [1.165, 1.54) is 12.0 Å². The lowest BCUT2D eigenvalue weighted by Crippen LogP contribution is -3.16. The maximum atomic E-state index is 12.3. The van der Waals surface area contributed by atoms with E-state index < -0.39 is 0 Å². The molecule has 0 amide bonds. The number of piperidine rings is 1. The van der Waals surface area contributed by atoms with Gasteiger partial charge in [-0.05, 0) is 12.1 Å². The summed E-state index contributed by atoms with van der Waals surface area (Å²) in [6.07, 6.45) is 2.39. The minimum absolute atomic E-state index is 0.180. The fourth-order valence-corrected chi connectivity index (χ4v) is 3.94. The number of carbonyl (C=O) groups excluding carboxylic acids is 2.